The summed E-state index contributed by atoms with van der Waals surface area (Å²) in [6, 6.07) is 0. The van der Waals surface area contributed by atoms with Gasteiger partial charge in [-0.1, -0.05) is 0 Å². The van der Waals surface area contributed by atoms with E-state index in [4.69, 9.17) is 19.3 Å². The Kier molecular flexibility index (Phi) is 2.53. The second-order valence-electron chi connectivity index (χ2n) is 4.15. The SMILES string of the molecule is CC1(C)O[C@H]2O[C@@H](CCO)[C@H](O)[C@@H]2O1. The summed E-state index contributed by atoms with van der Waals surface area (Å²) in [5.74, 6) is -0.694. The minimum atomic E-state index is -0.714. The molecule has 2 fully saturated rings. The molecule has 0 spiro atoms. The third-order valence-corrected chi connectivity index (χ3v) is 2.53. The number of fused-ring (bicyclic) bond motifs is 1. The van der Waals surface area contributed by atoms with Gasteiger partial charge in [-0.2, -0.15) is 0 Å². The topological polar surface area (TPSA) is 68.2 Å². The van der Waals surface area contributed by atoms with Gasteiger partial charge in [-0.3, -0.25) is 0 Å². The Morgan fingerprint density at radius 2 is 2.00 bits per heavy atom. The van der Waals surface area contributed by atoms with Crippen LogP contribution in [0.15, 0.2) is 0 Å². The molecule has 2 N–H and O–H groups in total. The van der Waals surface area contributed by atoms with Crippen LogP contribution in [0.25, 0.3) is 0 Å². The molecule has 0 saturated carbocycles. The van der Waals surface area contributed by atoms with Crippen molar-refractivity contribution in [3.05, 3.63) is 0 Å². The van der Waals surface area contributed by atoms with Crippen LogP contribution >= 0.6 is 0 Å². The smallest absolute Gasteiger partial charge is 0.190 e. The summed E-state index contributed by atoms with van der Waals surface area (Å²) in [6.45, 7) is 3.55. The minimum absolute atomic E-state index is 0.00937. The molecule has 4 atom stereocenters. The lowest BCUT2D eigenvalue weighted by Crippen LogP contribution is -2.34. The lowest BCUT2D eigenvalue weighted by atomic mass is 10.1. The summed E-state index contributed by atoms with van der Waals surface area (Å²) in [7, 11) is 0. The van der Waals surface area contributed by atoms with E-state index in [0.717, 1.165) is 0 Å². The fourth-order valence-corrected chi connectivity index (χ4v) is 1.92. The molecule has 2 saturated heterocycles. The van der Waals surface area contributed by atoms with Crippen LogP contribution in [-0.2, 0) is 14.2 Å². The van der Waals surface area contributed by atoms with E-state index in [1.165, 1.54) is 0 Å². The number of rotatable bonds is 2. The van der Waals surface area contributed by atoms with Gasteiger partial charge in [-0.15, -0.1) is 0 Å². The molecule has 2 rings (SSSR count). The molecule has 82 valence electrons. The molecule has 2 aliphatic rings. The van der Waals surface area contributed by atoms with Crippen molar-refractivity contribution in [2.24, 2.45) is 0 Å². The molecule has 2 heterocycles. The zero-order chi connectivity index (χ0) is 10.3. The van der Waals surface area contributed by atoms with Crippen molar-refractivity contribution in [1.29, 1.82) is 0 Å². The molecule has 0 bridgehead atoms. The van der Waals surface area contributed by atoms with Crippen LogP contribution in [0.4, 0.5) is 0 Å². The number of ether oxygens (including phenoxy) is 3. The maximum Gasteiger partial charge on any atom is 0.190 e. The Hall–Kier alpha value is -0.200. The van der Waals surface area contributed by atoms with Gasteiger partial charge < -0.3 is 24.4 Å². The van der Waals surface area contributed by atoms with Crippen LogP contribution in [0.5, 0.6) is 0 Å². The van der Waals surface area contributed by atoms with Crippen molar-refractivity contribution in [2.75, 3.05) is 6.61 Å². The summed E-state index contributed by atoms with van der Waals surface area (Å²) < 4.78 is 16.3. The van der Waals surface area contributed by atoms with Crippen LogP contribution in [0.2, 0.25) is 0 Å². The normalized spacial score (nSPS) is 45.4. The lowest BCUT2D eigenvalue weighted by Gasteiger charge is -2.22. The van der Waals surface area contributed by atoms with Crippen LogP contribution < -0.4 is 0 Å². The molecule has 0 amide bonds. The Balaban J connectivity index is 2.00. The molecule has 14 heavy (non-hydrogen) atoms. The summed E-state index contributed by atoms with van der Waals surface area (Å²) in [5.41, 5.74) is 0. The molecule has 0 aromatic rings. The van der Waals surface area contributed by atoms with Gasteiger partial charge in [-0.25, -0.2) is 0 Å². The van der Waals surface area contributed by atoms with Gasteiger partial charge >= 0.3 is 0 Å². The first kappa shape index (κ1) is 10.3. The molecule has 0 aromatic carbocycles. The van der Waals surface area contributed by atoms with Gasteiger partial charge in [0.15, 0.2) is 12.1 Å². The van der Waals surface area contributed by atoms with Crippen molar-refractivity contribution < 1.29 is 24.4 Å². The molecule has 5 heteroatoms. The summed E-state index contributed by atoms with van der Waals surface area (Å²) in [4.78, 5) is 0. The third-order valence-electron chi connectivity index (χ3n) is 2.53. The highest BCUT2D eigenvalue weighted by Gasteiger charge is 2.53. The molecule has 0 unspecified atom stereocenters. The summed E-state index contributed by atoms with van der Waals surface area (Å²) in [5, 5.41) is 18.5. The fourth-order valence-electron chi connectivity index (χ4n) is 1.92. The van der Waals surface area contributed by atoms with Crippen molar-refractivity contribution in [2.45, 2.75) is 50.7 Å². The Morgan fingerprint density at radius 1 is 1.29 bits per heavy atom. The van der Waals surface area contributed by atoms with E-state index in [-0.39, 0.29) is 12.7 Å². The standard InChI is InChI=1S/C9H16O5/c1-9(2)13-7-6(11)5(3-4-10)12-8(7)14-9/h5-8,10-11H,3-4H2,1-2H3/t5-,6-,7-,8+/m0/s1. The Bertz CT molecular complexity index is 217. The van der Waals surface area contributed by atoms with E-state index >= 15 is 0 Å². The van der Waals surface area contributed by atoms with Gasteiger partial charge in [0, 0.05) is 6.61 Å². The maximum absolute atomic E-state index is 9.78. The molecule has 2 aliphatic heterocycles. The van der Waals surface area contributed by atoms with E-state index < -0.39 is 24.3 Å². The van der Waals surface area contributed by atoms with Crippen LogP contribution in [0.3, 0.4) is 0 Å². The van der Waals surface area contributed by atoms with Crippen LogP contribution in [0.1, 0.15) is 20.3 Å². The average molecular weight is 204 g/mol. The second-order valence-corrected chi connectivity index (χ2v) is 4.15. The van der Waals surface area contributed by atoms with E-state index in [0.29, 0.717) is 6.42 Å². The second kappa shape index (κ2) is 3.43. The first-order valence-electron chi connectivity index (χ1n) is 4.83. The van der Waals surface area contributed by atoms with E-state index in [1.807, 2.05) is 0 Å². The monoisotopic (exact) mass is 204 g/mol. The van der Waals surface area contributed by atoms with E-state index in [2.05, 4.69) is 0 Å². The zero-order valence-corrected chi connectivity index (χ0v) is 8.34. The highest BCUT2D eigenvalue weighted by atomic mass is 16.8. The largest absolute Gasteiger partial charge is 0.396 e. The highest BCUT2D eigenvalue weighted by molar-refractivity contribution is 4.92. The fraction of sp³-hybridized carbons (Fsp3) is 1.00. The zero-order valence-electron chi connectivity index (χ0n) is 8.34. The van der Waals surface area contributed by atoms with Gasteiger partial charge in [0.1, 0.15) is 12.2 Å². The minimum Gasteiger partial charge on any atom is -0.396 e. The van der Waals surface area contributed by atoms with Crippen molar-refractivity contribution in [3.63, 3.8) is 0 Å². The number of aliphatic hydroxyl groups excluding tert-OH is 2. The first-order chi connectivity index (χ1) is 6.53. The third kappa shape index (κ3) is 1.66. The van der Waals surface area contributed by atoms with Gasteiger partial charge in [0.2, 0.25) is 0 Å². The number of hydrogen-bond acceptors (Lipinski definition) is 5. The Morgan fingerprint density at radius 3 is 2.57 bits per heavy atom. The molecule has 0 aromatic heterocycles. The summed E-state index contributed by atoms with van der Waals surface area (Å²) in [6.07, 6.45) is -1.63. The molecule has 0 aliphatic carbocycles. The highest BCUT2D eigenvalue weighted by Crippen LogP contribution is 2.37. The number of hydrogen-bond donors (Lipinski definition) is 2. The van der Waals surface area contributed by atoms with Crippen molar-refractivity contribution >= 4 is 0 Å². The molecule has 5 nitrogen and oxygen atoms in total. The van der Waals surface area contributed by atoms with Gasteiger partial charge in [0.05, 0.1) is 6.10 Å². The van der Waals surface area contributed by atoms with Crippen LogP contribution in [-0.4, -0.2) is 47.2 Å². The predicted molar refractivity (Wildman–Crippen MR) is 46.4 cm³/mol. The maximum atomic E-state index is 9.78. The van der Waals surface area contributed by atoms with E-state index in [9.17, 15) is 5.11 Å². The van der Waals surface area contributed by atoms with E-state index in [1.54, 1.807) is 13.8 Å². The van der Waals surface area contributed by atoms with Crippen molar-refractivity contribution in [1.82, 2.24) is 0 Å². The Labute approximate surface area is 82.6 Å². The molecular formula is C9H16O5. The summed E-state index contributed by atoms with van der Waals surface area (Å²) >= 11 is 0. The molecule has 0 radical (unpaired) electrons. The lowest BCUT2D eigenvalue weighted by molar-refractivity contribution is -0.216. The van der Waals surface area contributed by atoms with Gasteiger partial charge in [0.25, 0.3) is 0 Å². The van der Waals surface area contributed by atoms with Gasteiger partial charge in [-0.05, 0) is 20.3 Å². The quantitative estimate of drug-likeness (QED) is 0.641. The average Bonchev–Trinajstić information content (AvgIpc) is 2.50. The molecular weight excluding hydrogens is 188 g/mol. The first-order valence-corrected chi connectivity index (χ1v) is 4.83. The van der Waals surface area contributed by atoms with Crippen molar-refractivity contribution in [3.8, 4) is 0 Å². The predicted octanol–water partition coefficient (Wildman–Crippen LogP) is -0.394. The number of aliphatic hydroxyl groups is 2. The van der Waals surface area contributed by atoms with Crippen LogP contribution in [0, 0.1) is 0 Å².